The molecule has 0 amide bonds. The molecule has 6 nitrogen and oxygen atoms in total. The number of rotatable bonds is 6. The third kappa shape index (κ3) is 5.51. The standard InChI is InChI=1S/C21H35N5O/c1-17-7-6-12-25(15-17)14-11-23-21(22-2)24-18-10-13-26(16-18)19-8-4-5-9-20(19)27-3/h4-5,8-9,17-18H,6-7,10-16H2,1-3H3,(H2,22,23,24). The molecule has 2 saturated heterocycles. The molecule has 0 aromatic heterocycles. The second-order valence-corrected chi connectivity index (χ2v) is 7.79. The third-order valence-electron chi connectivity index (χ3n) is 5.64. The number of anilines is 1. The van der Waals surface area contributed by atoms with E-state index in [1.165, 1.54) is 31.6 Å². The van der Waals surface area contributed by atoms with Crippen molar-refractivity contribution in [2.45, 2.75) is 32.2 Å². The van der Waals surface area contributed by atoms with Crippen molar-refractivity contribution in [2.24, 2.45) is 10.9 Å². The Hall–Kier alpha value is -1.95. The number of nitrogens with one attached hydrogen (secondary N) is 2. The maximum absolute atomic E-state index is 5.51. The van der Waals surface area contributed by atoms with Gasteiger partial charge in [0, 0.05) is 45.8 Å². The van der Waals surface area contributed by atoms with Gasteiger partial charge in [-0.25, -0.2) is 0 Å². The largest absolute Gasteiger partial charge is 0.495 e. The lowest BCUT2D eigenvalue weighted by Crippen LogP contribution is -2.47. The van der Waals surface area contributed by atoms with Gasteiger partial charge in [0.1, 0.15) is 5.75 Å². The normalized spacial score (nSPS) is 24.1. The first kappa shape index (κ1) is 19.8. The lowest BCUT2D eigenvalue weighted by Gasteiger charge is -2.31. The first-order chi connectivity index (χ1) is 13.2. The van der Waals surface area contributed by atoms with Crippen LogP contribution in [-0.4, -0.2) is 70.3 Å². The molecule has 2 aliphatic heterocycles. The molecule has 2 aliphatic rings. The van der Waals surface area contributed by atoms with Gasteiger partial charge in [-0.05, 0) is 43.9 Å². The number of aliphatic imine (C=N–C) groups is 1. The summed E-state index contributed by atoms with van der Waals surface area (Å²) in [4.78, 5) is 9.36. The Morgan fingerprint density at radius 3 is 2.85 bits per heavy atom. The van der Waals surface area contributed by atoms with Gasteiger partial charge in [0.25, 0.3) is 0 Å². The van der Waals surface area contributed by atoms with Gasteiger partial charge in [0.05, 0.1) is 12.8 Å². The maximum Gasteiger partial charge on any atom is 0.191 e. The molecular formula is C21H35N5O. The van der Waals surface area contributed by atoms with Gasteiger partial charge in [-0.15, -0.1) is 0 Å². The van der Waals surface area contributed by atoms with E-state index in [2.05, 4.69) is 44.5 Å². The molecule has 2 unspecified atom stereocenters. The van der Waals surface area contributed by atoms with E-state index in [1.54, 1.807) is 7.11 Å². The van der Waals surface area contributed by atoms with Crippen molar-refractivity contribution in [3.8, 4) is 5.75 Å². The fourth-order valence-electron chi connectivity index (χ4n) is 4.20. The number of hydrogen-bond donors (Lipinski definition) is 2. The van der Waals surface area contributed by atoms with Crippen molar-refractivity contribution < 1.29 is 4.74 Å². The predicted molar refractivity (Wildman–Crippen MR) is 113 cm³/mol. The highest BCUT2D eigenvalue weighted by molar-refractivity contribution is 5.80. The summed E-state index contributed by atoms with van der Waals surface area (Å²) in [6.45, 7) is 8.83. The van der Waals surface area contributed by atoms with E-state index < -0.39 is 0 Å². The molecule has 0 spiro atoms. The minimum absolute atomic E-state index is 0.399. The molecule has 27 heavy (non-hydrogen) atoms. The molecule has 2 fully saturated rings. The predicted octanol–water partition coefficient (Wildman–Crippen LogP) is 2.17. The van der Waals surface area contributed by atoms with Gasteiger partial charge >= 0.3 is 0 Å². The Morgan fingerprint density at radius 2 is 2.07 bits per heavy atom. The molecule has 0 bridgehead atoms. The fraction of sp³-hybridized carbons (Fsp3) is 0.667. The van der Waals surface area contributed by atoms with Crippen molar-refractivity contribution >= 4 is 11.6 Å². The number of ether oxygens (including phenoxy) is 1. The van der Waals surface area contributed by atoms with Crippen LogP contribution in [0, 0.1) is 5.92 Å². The van der Waals surface area contributed by atoms with Crippen LogP contribution >= 0.6 is 0 Å². The average molecular weight is 374 g/mol. The summed E-state index contributed by atoms with van der Waals surface area (Å²) in [7, 11) is 3.59. The Morgan fingerprint density at radius 1 is 1.22 bits per heavy atom. The highest BCUT2D eigenvalue weighted by Gasteiger charge is 2.25. The number of para-hydroxylation sites is 2. The topological polar surface area (TPSA) is 52.1 Å². The van der Waals surface area contributed by atoms with Crippen LogP contribution in [0.2, 0.25) is 0 Å². The average Bonchev–Trinajstić information content (AvgIpc) is 3.15. The number of piperidine rings is 1. The zero-order chi connectivity index (χ0) is 19.1. The van der Waals surface area contributed by atoms with E-state index >= 15 is 0 Å². The van der Waals surface area contributed by atoms with Crippen LogP contribution in [0.25, 0.3) is 0 Å². The molecule has 2 heterocycles. The highest BCUT2D eigenvalue weighted by Crippen LogP contribution is 2.30. The minimum atomic E-state index is 0.399. The second kappa shape index (κ2) is 9.83. The zero-order valence-electron chi connectivity index (χ0n) is 17.1. The third-order valence-corrected chi connectivity index (χ3v) is 5.64. The van der Waals surface area contributed by atoms with Crippen molar-refractivity contribution in [3.63, 3.8) is 0 Å². The van der Waals surface area contributed by atoms with E-state index in [1.807, 2.05) is 19.2 Å². The molecule has 2 N–H and O–H groups in total. The van der Waals surface area contributed by atoms with Gasteiger partial charge in [0.2, 0.25) is 0 Å². The SMILES string of the molecule is CN=C(NCCN1CCCC(C)C1)NC1CCN(c2ccccc2OC)C1. The number of likely N-dealkylation sites (tertiary alicyclic amines) is 1. The van der Waals surface area contributed by atoms with Crippen LogP contribution in [0.4, 0.5) is 5.69 Å². The Labute approximate surface area is 164 Å². The Balaban J connectivity index is 1.44. The Kier molecular flexibility index (Phi) is 7.21. The van der Waals surface area contributed by atoms with Crippen LogP contribution in [0.15, 0.2) is 29.3 Å². The molecule has 0 saturated carbocycles. The summed E-state index contributed by atoms with van der Waals surface area (Å²) < 4.78 is 5.51. The molecule has 0 aliphatic carbocycles. The smallest absolute Gasteiger partial charge is 0.191 e. The molecule has 3 rings (SSSR count). The number of nitrogens with zero attached hydrogens (tertiary/aromatic N) is 3. The van der Waals surface area contributed by atoms with E-state index in [-0.39, 0.29) is 0 Å². The van der Waals surface area contributed by atoms with Crippen molar-refractivity contribution in [3.05, 3.63) is 24.3 Å². The first-order valence-corrected chi connectivity index (χ1v) is 10.3. The molecule has 0 radical (unpaired) electrons. The van der Waals surface area contributed by atoms with Crippen molar-refractivity contribution in [1.29, 1.82) is 0 Å². The lowest BCUT2D eigenvalue weighted by atomic mass is 10.0. The van der Waals surface area contributed by atoms with Gasteiger partial charge < -0.3 is 25.2 Å². The van der Waals surface area contributed by atoms with E-state index in [0.29, 0.717) is 6.04 Å². The first-order valence-electron chi connectivity index (χ1n) is 10.3. The van der Waals surface area contributed by atoms with Crippen LogP contribution < -0.4 is 20.3 Å². The Bertz CT molecular complexity index is 620. The second-order valence-electron chi connectivity index (χ2n) is 7.79. The lowest BCUT2D eigenvalue weighted by molar-refractivity contribution is 0.187. The van der Waals surface area contributed by atoms with Crippen LogP contribution in [0.5, 0.6) is 5.75 Å². The fourth-order valence-corrected chi connectivity index (χ4v) is 4.20. The van der Waals surface area contributed by atoms with Crippen LogP contribution in [-0.2, 0) is 0 Å². The highest BCUT2D eigenvalue weighted by atomic mass is 16.5. The van der Waals surface area contributed by atoms with Crippen molar-refractivity contribution in [1.82, 2.24) is 15.5 Å². The quantitative estimate of drug-likeness (QED) is 0.591. The van der Waals surface area contributed by atoms with E-state index in [9.17, 15) is 0 Å². The molecule has 1 aromatic carbocycles. The summed E-state index contributed by atoms with van der Waals surface area (Å²) in [5.74, 6) is 2.68. The maximum atomic E-state index is 5.51. The number of guanidine groups is 1. The molecular weight excluding hydrogens is 338 g/mol. The van der Waals surface area contributed by atoms with Crippen molar-refractivity contribution in [2.75, 3.05) is 58.3 Å². The monoisotopic (exact) mass is 373 g/mol. The van der Waals surface area contributed by atoms with E-state index in [0.717, 1.165) is 50.2 Å². The molecule has 2 atom stereocenters. The summed E-state index contributed by atoms with van der Waals surface area (Å²) in [5.41, 5.74) is 1.17. The number of hydrogen-bond acceptors (Lipinski definition) is 4. The van der Waals surface area contributed by atoms with Crippen LogP contribution in [0.3, 0.4) is 0 Å². The van der Waals surface area contributed by atoms with Crippen LogP contribution in [0.1, 0.15) is 26.2 Å². The zero-order valence-corrected chi connectivity index (χ0v) is 17.1. The summed E-state index contributed by atoms with van der Waals surface area (Å²) >= 11 is 0. The van der Waals surface area contributed by atoms with Gasteiger partial charge in [-0.2, -0.15) is 0 Å². The minimum Gasteiger partial charge on any atom is -0.495 e. The number of methoxy groups -OCH3 is 1. The van der Waals surface area contributed by atoms with Gasteiger partial charge in [0.15, 0.2) is 5.96 Å². The van der Waals surface area contributed by atoms with Gasteiger partial charge in [-0.1, -0.05) is 19.1 Å². The van der Waals surface area contributed by atoms with E-state index in [4.69, 9.17) is 4.74 Å². The molecule has 150 valence electrons. The van der Waals surface area contributed by atoms with Gasteiger partial charge in [-0.3, -0.25) is 4.99 Å². The molecule has 6 heteroatoms. The summed E-state index contributed by atoms with van der Waals surface area (Å²) in [6, 6.07) is 8.64. The summed E-state index contributed by atoms with van der Waals surface area (Å²) in [6.07, 6.45) is 3.80. The number of benzene rings is 1. The molecule has 1 aromatic rings. The summed E-state index contributed by atoms with van der Waals surface area (Å²) in [5, 5.41) is 7.08.